The Morgan fingerprint density at radius 3 is 2.39 bits per heavy atom. The van der Waals surface area contributed by atoms with Crippen molar-refractivity contribution < 1.29 is 27.7 Å². The zero-order chi connectivity index (χ0) is 13.9. The molecule has 1 aromatic rings. The normalized spacial score (nSPS) is 10.8. The number of nitrogens with zero attached hydrogens (tertiary/aromatic N) is 1. The molecule has 18 heavy (non-hydrogen) atoms. The van der Waals surface area contributed by atoms with Crippen molar-refractivity contribution in [2.24, 2.45) is 0 Å². The molecule has 0 spiro atoms. The quantitative estimate of drug-likeness (QED) is 0.511. The lowest BCUT2D eigenvalue weighted by atomic mass is 10.2. The summed E-state index contributed by atoms with van der Waals surface area (Å²) in [5.41, 5.74) is -1.30. The zero-order valence-electron chi connectivity index (χ0n) is 8.52. The number of benzene rings is 1. The van der Waals surface area contributed by atoms with Gasteiger partial charge in [-0.15, -0.1) is 0 Å². The minimum Gasteiger partial charge on any atom is -0.318 e. The molecule has 0 heterocycles. The molecule has 9 heteroatoms. The first kappa shape index (κ1) is 13.6. The van der Waals surface area contributed by atoms with Crippen molar-refractivity contribution in [3.63, 3.8) is 0 Å². The Bertz CT molecular complexity index is 513. The van der Waals surface area contributed by atoms with Gasteiger partial charge in [0.05, 0.1) is 4.92 Å². The van der Waals surface area contributed by atoms with Crippen molar-refractivity contribution in [2.45, 2.75) is 6.18 Å². The van der Waals surface area contributed by atoms with Gasteiger partial charge < -0.3 is 5.32 Å². The van der Waals surface area contributed by atoms with E-state index >= 15 is 0 Å². The second-order valence-electron chi connectivity index (χ2n) is 3.14. The van der Waals surface area contributed by atoms with Gasteiger partial charge in [-0.1, -0.05) is 0 Å². The van der Waals surface area contributed by atoms with Crippen molar-refractivity contribution in [1.29, 1.82) is 0 Å². The van der Waals surface area contributed by atoms with Crippen LogP contribution in [-0.4, -0.2) is 23.3 Å². The average molecular weight is 262 g/mol. The molecule has 0 aliphatic heterocycles. The van der Waals surface area contributed by atoms with Gasteiger partial charge in [0, 0.05) is 23.4 Å². The van der Waals surface area contributed by atoms with Crippen LogP contribution in [0.5, 0.6) is 0 Å². The van der Waals surface area contributed by atoms with Crippen LogP contribution in [0.3, 0.4) is 0 Å². The summed E-state index contributed by atoms with van der Waals surface area (Å²) in [6.07, 6.45) is -4.90. The first-order chi connectivity index (χ1) is 8.24. The summed E-state index contributed by atoms with van der Waals surface area (Å²) in [7, 11) is 0. The highest BCUT2D eigenvalue weighted by molar-refractivity contribution is 5.96. The fraction of sp³-hybridized carbons (Fsp3) is 0.111. The third-order valence-corrected chi connectivity index (χ3v) is 1.80. The minimum atomic E-state index is -5.12. The van der Waals surface area contributed by atoms with E-state index < -0.39 is 28.4 Å². The number of aldehydes is 1. The Hall–Kier alpha value is -2.45. The Balaban J connectivity index is 3.09. The maximum atomic E-state index is 12.0. The van der Waals surface area contributed by atoms with E-state index in [1.807, 2.05) is 0 Å². The number of hydrogen-bond donors (Lipinski definition) is 1. The number of carbonyl (C=O) groups is 2. The molecule has 0 fully saturated rings. The lowest BCUT2D eigenvalue weighted by molar-refractivity contribution is -0.384. The highest BCUT2D eigenvalue weighted by Crippen LogP contribution is 2.23. The molecule has 1 aromatic carbocycles. The Morgan fingerprint density at radius 1 is 1.33 bits per heavy atom. The third-order valence-electron chi connectivity index (χ3n) is 1.80. The maximum Gasteiger partial charge on any atom is 0.471 e. The molecule has 0 saturated heterocycles. The predicted molar refractivity (Wildman–Crippen MR) is 53.2 cm³/mol. The van der Waals surface area contributed by atoms with Gasteiger partial charge in [0.25, 0.3) is 5.69 Å². The van der Waals surface area contributed by atoms with E-state index in [2.05, 4.69) is 0 Å². The van der Waals surface area contributed by atoms with E-state index in [-0.39, 0.29) is 11.8 Å². The van der Waals surface area contributed by atoms with E-state index in [0.29, 0.717) is 0 Å². The third kappa shape index (κ3) is 3.27. The summed E-state index contributed by atoms with van der Waals surface area (Å²) < 4.78 is 35.9. The molecule has 0 unspecified atom stereocenters. The van der Waals surface area contributed by atoms with Gasteiger partial charge in [-0.05, 0) is 6.07 Å². The van der Waals surface area contributed by atoms with Crippen molar-refractivity contribution in [3.05, 3.63) is 33.9 Å². The maximum absolute atomic E-state index is 12.0. The zero-order valence-corrected chi connectivity index (χ0v) is 8.52. The standard InChI is InChI=1S/C9H5F3N2O4/c10-9(11,12)8(16)13-6-1-5(4-15)2-7(3-6)14(17)18/h1-4H,(H,13,16). The molecule has 0 aromatic heterocycles. The van der Waals surface area contributed by atoms with E-state index in [9.17, 15) is 32.9 Å². The number of rotatable bonds is 3. The molecule has 0 saturated carbocycles. The number of amides is 1. The number of nitrogens with one attached hydrogen (secondary N) is 1. The SMILES string of the molecule is O=Cc1cc(NC(=O)C(F)(F)F)cc([N+](=O)[O-])c1. The minimum absolute atomic E-state index is 0.218. The smallest absolute Gasteiger partial charge is 0.318 e. The molecule has 1 amide bonds. The van der Waals surface area contributed by atoms with Crippen molar-refractivity contribution in [2.75, 3.05) is 5.32 Å². The number of nitro benzene ring substituents is 1. The molecule has 0 aliphatic carbocycles. The first-order valence-electron chi connectivity index (χ1n) is 4.37. The second-order valence-corrected chi connectivity index (χ2v) is 3.14. The fourth-order valence-electron chi connectivity index (χ4n) is 1.08. The molecule has 1 rings (SSSR count). The van der Waals surface area contributed by atoms with Gasteiger partial charge in [0.2, 0.25) is 0 Å². The van der Waals surface area contributed by atoms with Gasteiger partial charge >= 0.3 is 12.1 Å². The summed E-state index contributed by atoms with van der Waals surface area (Å²) in [4.78, 5) is 30.6. The molecule has 0 radical (unpaired) electrons. The van der Waals surface area contributed by atoms with Crippen molar-refractivity contribution in [3.8, 4) is 0 Å². The van der Waals surface area contributed by atoms with Gasteiger partial charge in [-0.2, -0.15) is 13.2 Å². The van der Waals surface area contributed by atoms with Crippen LogP contribution < -0.4 is 5.32 Å². The molecule has 0 atom stereocenters. The summed E-state index contributed by atoms with van der Waals surface area (Å²) in [5.74, 6) is -2.28. The van der Waals surface area contributed by atoms with Crippen LogP contribution in [-0.2, 0) is 4.79 Å². The summed E-state index contributed by atoms with van der Waals surface area (Å²) in [5, 5.41) is 11.9. The highest BCUT2D eigenvalue weighted by Gasteiger charge is 2.38. The summed E-state index contributed by atoms with van der Waals surface area (Å²) in [6, 6.07) is 2.48. The van der Waals surface area contributed by atoms with Gasteiger partial charge in [0.1, 0.15) is 6.29 Å². The van der Waals surface area contributed by atoms with Crippen molar-refractivity contribution in [1.82, 2.24) is 0 Å². The largest absolute Gasteiger partial charge is 0.471 e. The lowest BCUT2D eigenvalue weighted by Gasteiger charge is -2.08. The molecular formula is C9H5F3N2O4. The number of non-ortho nitro benzene ring substituents is 1. The van der Waals surface area contributed by atoms with Gasteiger partial charge in [0.15, 0.2) is 0 Å². The van der Waals surface area contributed by atoms with E-state index in [4.69, 9.17) is 0 Å². The number of nitro groups is 1. The molecule has 96 valence electrons. The predicted octanol–water partition coefficient (Wildman–Crippen LogP) is 1.91. The first-order valence-corrected chi connectivity index (χ1v) is 4.37. The van der Waals surface area contributed by atoms with E-state index in [1.54, 1.807) is 0 Å². The number of anilines is 1. The van der Waals surface area contributed by atoms with Crippen LogP contribution in [0.25, 0.3) is 0 Å². The van der Waals surface area contributed by atoms with E-state index in [1.165, 1.54) is 5.32 Å². The topological polar surface area (TPSA) is 89.3 Å². The van der Waals surface area contributed by atoms with Crippen molar-refractivity contribution >= 4 is 23.6 Å². The fourth-order valence-corrected chi connectivity index (χ4v) is 1.08. The second kappa shape index (κ2) is 4.82. The van der Waals surface area contributed by atoms with Crippen LogP contribution in [0.1, 0.15) is 10.4 Å². The Kier molecular flexibility index (Phi) is 3.64. The van der Waals surface area contributed by atoms with Crippen LogP contribution in [0.2, 0.25) is 0 Å². The highest BCUT2D eigenvalue weighted by atomic mass is 19.4. The van der Waals surface area contributed by atoms with Gasteiger partial charge in [-0.3, -0.25) is 19.7 Å². The summed E-state index contributed by atoms with van der Waals surface area (Å²) in [6.45, 7) is 0. The molecular weight excluding hydrogens is 257 g/mol. The monoisotopic (exact) mass is 262 g/mol. The molecule has 0 aliphatic rings. The van der Waals surface area contributed by atoms with Crippen LogP contribution >= 0.6 is 0 Å². The van der Waals surface area contributed by atoms with Crippen LogP contribution in [0, 0.1) is 10.1 Å². The van der Waals surface area contributed by atoms with E-state index in [0.717, 1.165) is 18.2 Å². The Morgan fingerprint density at radius 2 is 1.94 bits per heavy atom. The lowest BCUT2D eigenvalue weighted by Crippen LogP contribution is -2.29. The molecule has 1 N–H and O–H groups in total. The Labute approximate surface area is 97.5 Å². The summed E-state index contributed by atoms with van der Waals surface area (Å²) >= 11 is 0. The molecule has 6 nitrogen and oxygen atoms in total. The molecule has 0 bridgehead atoms. The van der Waals surface area contributed by atoms with Gasteiger partial charge in [-0.25, -0.2) is 0 Å². The number of halogens is 3. The number of carbonyl (C=O) groups excluding carboxylic acids is 2. The average Bonchev–Trinajstić information content (AvgIpc) is 2.27. The number of hydrogen-bond acceptors (Lipinski definition) is 4. The van der Waals surface area contributed by atoms with Crippen LogP contribution in [0.15, 0.2) is 18.2 Å². The number of alkyl halides is 3. The van der Waals surface area contributed by atoms with Crippen LogP contribution in [0.4, 0.5) is 24.5 Å².